The maximum Gasteiger partial charge on any atom is 0.404 e. The number of imidazole rings is 1. The molecule has 0 atom stereocenters. The van der Waals surface area contributed by atoms with Crippen LogP contribution in [0, 0.1) is 5.82 Å². The number of amides is 1. The van der Waals surface area contributed by atoms with Crippen LogP contribution < -0.4 is 15.6 Å². The summed E-state index contributed by atoms with van der Waals surface area (Å²) in [6.07, 6.45) is 4.72. The van der Waals surface area contributed by atoms with Crippen LogP contribution in [0.25, 0.3) is 17.1 Å². The maximum absolute atomic E-state index is 14.9. The van der Waals surface area contributed by atoms with Crippen molar-refractivity contribution in [3.8, 4) is 22.8 Å². The van der Waals surface area contributed by atoms with Gasteiger partial charge in [-0.3, -0.25) is 9.36 Å². The summed E-state index contributed by atoms with van der Waals surface area (Å²) in [5.41, 5.74) is 4.40. The second kappa shape index (κ2) is 13.6. The molecule has 216 valence electrons. The summed E-state index contributed by atoms with van der Waals surface area (Å²) >= 11 is 0. The Hall–Kier alpha value is -4.92. The molecule has 3 aromatic rings. The van der Waals surface area contributed by atoms with E-state index in [1.807, 2.05) is 60.7 Å². The molecule has 9 heteroatoms. The molecule has 0 bridgehead atoms. The highest BCUT2D eigenvalue weighted by Gasteiger charge is 2.21. The molecule has 2 aliphatic heterocycles. The van der Waals surface area contributed by atoms with E-state index >= 15 is 0 Å². The standard InChI is InChI=1S/C33H33FN4O4/c34-26-19-24(15-16-30(26)42-18-10-2-1-9-17-35-33(40)41)21-28-32(39)38-22-29(25-13-7-4-8-14-25)36-27(31(38)37-28)20-23-11-5-3-6-12-23/h3-8,11-16,19,22,35-36H,1-2,9-10,17-18,20-21H2,(H,40,41). The van der Waals surface area contributed by atoms with E-state index in [2.05, 4.69) is 10.3 Å². The zero-order chi connectivity index (χ0) is 29.3. The summed E-state index contributed by atoms with van der Waals surface area (Å²) in [5.74, 6) is 0.229. The third kappa shape index (κ3) is 7.23. The number of aromatic amines is 1. The van der Waals surface area contributed by atoms with Gasteiger partial charge in [0.1, 0.15) is 5.69 Å². The molecule has 3 N–H and O–H groups in total. The molecule has 3 aromatic carbocycles. The highest BCUT2D eigenvalue weighted by atomic mass is 19.1. The number of carboxylic acid groups (broad SMARTS) is 1. The van der Waals surface area contributed by atoms with E-state index in [-0.39, 0.29) is 17.7 Å². The van der Waals surface area contributed by atoms with Crippen LogP contribution in [0.1, 0.15) is 48.2 Å². The van der Waals surface area contributed by atoms with Gasteiger partial charge in [-0.2, -0.15) is 0 Å². The average molecular weight is 569 g/mol. The minimum atomic E-state index is -1.02. The summed E-state index contributed by atoms with van der Waals surface area (Å²) in [6, 6.07) is 24.6. The zero-order valence-electron chi connectivity index (χ0n) is 23.2. The van der Waals surface area contributed by atoms with Gasteiger partial charge in [0.2, 0.25) is 0 Å². The molecule has 2 heterocycles. The van der Waals surface area contributed by atoms with Crippen LogP contribution in [0.15, 0.2) is 89.9 Å². The smallest absolute Gasteiger partial charge is 0.404 e. The van der Waals surface area contributed by atoms with Crippen molar-refractivity contribution < 1.29 is 19.0 Å². The lowest BCUT2D eigenvalue weighted by molar-refractivity contribution is 0.194. The van der Waals surface area contributed by atoms with E-state index < -0.39 is 11.9 Å². The van der Waals surface area contributed by atoms with Crippen LogP contribution in [0.2, 0.25) is 0 Å². The molecule has 0 fully saturated rings. The first-order valence-electron chi connectivity index (χ1n) is 14.1. The fourth-order valence-corrected chi connectivity index (χ4v) is 4.90. The van der Waals surface area contributed by atoms with Gasteiger partial charge < -0.3 is 20.1 Å². The van der Waals surface area contributed by atoms with Crippen molar-refractivity contribution in [2.75, 3.05) is 13.2 Å². The molecule has 0 saturated heterocycles. The van der Waals surface area contributed by atoms with Crippen LogP contribution in [0.3, 0.4) is 0 Å². The summed E-state index contributed by atoms with van der Waals surface area (Å²) in [7, 11) is 0. The van der Waals surface area contributed by atoms with Gasteiger partial charge in [-0.05, 0) is 41.7 Å². The van der Waals surface area contributed by atoms with Gasteiger partial charge in [-0.1, -0.05) is 79.6 Å². The first-order chi connectivity index (χ1) is 20.5. The van der Waals surface area contributed by atoms with Crippen molar-refractivity contribution in [3.63, 3.8) is 0 Å². The number of hydrogen-bond acceptors (Lipinski definition) is 4. The zero-order valence-corrected chi connectivity index (χ0v) is 23.2. The Morgan fingerprint density at radius 2 is 1.67 bits per heavy atom. The number of benzene rings is 3. The third-order valence-electron chi connectivity index (χ3n) is 7.03. The van der Waals surface area contributed by atoms with E-state index in [0.29, 0.717) is 36.6 Å². The van der Waals surface area contributed by atoms with Gasteiger partial charge in [0, 0.05) is 25.6 Å². The molecule has 42 heavy (non-hydrogen) atoms. The molecule has 0 unspecified atom stereocenters. The van der Waals surface area contributed by atoms with Gasteiger partial charge in [0.15, 0.2) is 17.4 Å². The molecule has 0 radical (unpaired) electrons. The molecule has 0 spiro atoms. The fourth-order valence-electron chi connectivity index (χ4n) is 4.90. The molecule has 1 amide bonds. The number of hydrogen-bond donors (Lipinski definition) is 3. The highest BCUT2D eigenvalue weighted by Crippen LogP contribution is 2.25. The van der Waals surface area contributed by atoms with E-state index in [1.165, 1.54) is 6.07 Å². The van der Waals surface area contributed by atoms with Crippen LogP contribution in [-0.2, 0) is 12.8 Å². The van der Waals surface area contributed by atoms with E-state index in [0.717, 1.165) is 48.2 Å². The van der Waals surface area contributed by atoms with Crippen LogP contribution in [-0.4, -0.2) is 38.9 Å². The molecule has 2 aliphatic rings. The van der Waals surface area contributed by atoms with E-state index in [9.17, 15) is 14.0 Å². The van der Waals surface area contributed by atoms with Crippen molar-refractivity contribution in [1.29, 1.82) is 0 Å². The lowest BCUT2D eigenvalue weighted by atomic mass is 10.1. The topological polar surface area (TPSA) is 109 Å². The summed E-state index contributed by atoms with van der Waals surface area (Å²) < 4.78 is 22.1. The number of aromatic nitrogens is 3. The lowest BCUT2D eigenvalue weighted by Crippen LogP contribution is -2.21. The van der Waals surface area contributed by atoms with Crippen molar-refractivity contribution >= 4 is 6.09 Å². The summed E-state index contributed by atoms with van der Waals surface area (Å²) in [5, 5.41) is 10.9. The molecular formula is C33H33FN4O4. The fraction of sp³-hybridized carbons (Fsp3) is 0.242. The number of nitrogens with zero attached hydrogens (tertiary/aromatic N) is 2. The first kappa shape index (κ1) is 28.6. The van der Waals surface area contributed by atoms with Crippen molar-refractivity contribution in [2.45, 2.75) is 38.5 Å². The number of fused-ring (bicyclic) bond motifs is 1. The van der Waals surface area contributed by atoms with Gasteiger partial charge >= 0.3 is 6.09 Å². The van der Waals surface area contributed by atoms with Gasteiger partial charge in [-0.15, -0.1) is 0 Å². The van der Waals surface area contributed by atoms with Gasteiger partial charge in [0.05, 0.1) is 18.0 Å². The predicted octanol–water partition coefficient (Wildman–Crippen LogP) is 6.19. The lowest BCUT2D eigenvalue weighted by Gasteiger charge is -2.13. The Kier molecular flexibility index (Phi) is 9.28. The summed E-state index contributed by atoms with van der Waals surface area (Å²) in [6.45, 7) is 0.786. The Balaban J connectivity index is 1.30. The number of H-pyrrole nitrogens is 1. The molecule has 0 aromatic heterocycles. The van der Waals surface area contributed by atoms with Crippen LogP contribution in [0.5, 0.6) is 5.75 Å². The average Bonchev–Trinajstić information content (AvgIpc) is 3.31. The number of ether oxygens (including phenoxy) is 1. The number of rotatable bonds is 13. The molecule has 8 nitrogen and oxygen atoms in total. The second-order valence-corrected chi connectivity index (χ2v) is 10.2. The van der Waals surface area contributed by atoms with Gasteiger partial charge in [0.25, 0.3) is 5.56 Å². The predicted molar refractivity (Wildman–Crippen MR) is 159 cm³/mol. The number of carbonyl (C=O) groups is 1. The number of halogens is 1. The van der Waals surface area contributed by atoms with Crippen molar-refractivity contribution in [1.82, 2.24) is 19.9 Å². The Labute approximate surface area is 243 Å². The third-order valence-corrected chi connectivity index (χ3v) is 7.03. The SMILES string of the molecule is O=C(O)NCCCCCCOc1ccc(Cc2nc3c(Cc4ccccc4)[nH]c(-c4ccccc4)cn-3c2=O)cc1F. The minimum absolute atomic E-state index is 0.163. The monoisotopic (exact) mass is 568 g/mol. The Morgan fingerprint density at radius 3 is 2.40 bits per heavy atom. The Morgan fingerprint density at radius 1 is 0.929 bits per heavy atom. The van der Waals surface area contributed by atoms with E-state index in [1.54, 1.807) is 22.9 Å². The first-order valence-corrected chi connectivity index (χ1v) is 14.1. The largest absolute Gasteiger partial charge is 0.491 e. The molecule has 5 rings (SSSR count). The number of nitrogens with one attached hydrogen (secondary N) is 2. The maximum atomic E-state index is 14.9. The Bertz CT molecular complexity index is 1650. The second-order valence-electron chi connectivity index (χ2n) is 10.2. The molecular weight excluding hydrogens is 535 g/mol. The molecule has 0 saturated carbocycles. The summed E-state index contributed by atoms with van der Waals surface area (Å²) in [4.78, 5) is 32.2. The number of unbranched alkanes of at least 4 members (excludes halogenated alkanes) is 3. The minimum Gasteiger partial charge on any atom is -0.491 e. The normalized spacial score (nSPS) is 11.1. The van der Waals surface area contributed by atoms with Crippen molar-refractivity contribution in [3.05, 3.63) is 124 Å². The quantitative estimate of drug-likeness (QED) is 0.147. The van der Waals surface area contributed by atoms with Crippen LogP contribution in [0.4, 0.5) is 9.18 Å². The van der Waals surface area contributed by atoms with Crippen LogP contribution >= 0.6 is 0 Å². The highest BCUT2D eigenvalue weighted by molar-refractivity contribution is 5.64. The van der Waals surface area contributed by atoms with Crippen molar-refractivity contribution in [2.24, 2.45) is 0 Å². The van der Waals surface area contributed by atoms with Gasteiger partial charge in [-0.25, -0.2) is 14.2 Å². The van der Waals surface area contributed by atoms with E-state index in [4.69, 9.17) is 14.8 Å². The molecule has 0 aliphatic carbocycles.